The maximum Gasteiger partial charge on any atom is 0.0718 e. The third-order valence-corrected chi connectivity index (χ3v) is 2.90. The van der Waals surface area contributed by atoms with Crippen LogP contribution in [0.1, 0.15) is 12.5 Å². The molecule has 1 nitrogen and oxygen atoms in total. The number of aryl methyl sites for hydroxylation is 1. The van der Waals surface area contributed by atoms with Crippen LogP contribution in [0.2, 0.25) is 10.0 Å². The highest BCUT2D eigenvalue weighted by Crippen LogP contribution is 2.28. The molecule has 0 aliphatic rings. The van der Waals surface area contributed by atoms with E-state index in [1.54, 1.807) is 0 Å². The molecule has 0 spiro atoms. The van der Waals surface area contributed by atoms with Gasteiger partial charge in [0.15, 0.2) is 0 Å². The number of rotatable bonds is 1. The van der Waals surface area contributed by atoms with Crippen LogP contribution in [0.3, 0.4) is 0 Å². The van der Waals surface area contributed by atoms with E-state index in [0.717, 1.165) is 27.9 Å². The molecule has 0 N–H and O–H groups in total. The van der Waals surface area contributed by atoms with E-state index >= 15 is 0 Å². The minimum Gasteiger partial charge on any atom is -0.256 e. The van der Waals surface area contributed by atoms with Gasteiger partial charge in [-0.1, -0.05) is 30.1 Å². The summed E-state index contributed by atoms with van der Waals surface area (Å²) in [6.07, 6.45) is 2.70. The fourth-order valence-electron chi connectivity index (χ4n) is 1.42. The molecule has 14 heavy (non-hydrogen) atoms. The second kappa shape index (κ2) is 3.76. The molecule has 0 unspecified atom stereocenters. The van der Waals surface area contributed by atoms with Gasteiger partial charge in [-0.15, -0.1) is 0 Å². The fourth-order valence-corrected chi connectivity index (χ4v) is 1.93. The highest BCUT2D eigenvalue weighted by molar-refractivity contribution is 6.37. The van der Waals surface area contributed by atoms with Gasteiger partial charge >= 0.3 is 0 Å². The molecular weight excluding hydrogens is 217 g/mol. The van der Waals surface area contributed by atoms with E-state index in [1.165, 1.54) is 0 Å². The van der Waals surface area contributed by atoms with Gasteiger partial charge in [0.1, 0.15) is 0 Å². The van der Waals surface area contributed by atoms with Crippen molar-refractivity contribution < 1.29 is 0 Å². The number of hydrogen-bond donors (Lipinski definition) is 0. The molecule has 0 atom stereocenters. The minimum atomic E-state index is 0.689. The van der Waals surface area contributed by atoms with Gasteiger partial charge in [0, 0.05) is 16.6 Å². The zero-order valence-electron chi connectivity index (χ0n) is 7.72. The lowest BCUT2D eigenvalue weighted by Gasteiger charge is -2.04. The third-order valence-electron chi connectivity index (χ3n) is 2.22. The van der Waals surface area contributed by atoms with Gasteiger partial charge in [-0.25, -0.2) is 0 Å². The zero-order valence-corrected chi connectivity index (χ0v) is 9.23. The lowest BCUT2D eigenvalue weighted by atomic mass is 10.1. The van der Waals surface area contributed by atoms with Crippen LogP contribution in [0, 0.1) is 0 Å². The van der Waals surface area contributed by atoms with Crippen LogP contribution in [0.15, 0.2) is 24.4 Å². The lowest BCUT2D eigenvalue weighted by molar-refractivity contribution is 1.12. The summed E-state index contributed by atoms with van der Waals surface area (Å²) < 4.78 is 0. The molecule has 0 amide bonds. The summed E-state index contributed by atoms with van der Waals surface area (Å²) in [5.74, 6) is 0. The molecule has 3 heteroatoms. The Hall–Kier alpha value is -0.790. The Morgan fingerprint density at radius 1 is 1.29 bits per heavy atom. The van der Waals surface area contributed by atoms with E-state index in [9.17, 15) is 0 Å². The summed E-state index contributed by atoms with van der Waals surface area (Å²) in [7, 11) is 0. The first kappa shape index (κ1) is 9.75. The number of pyridine rings is 1. The van der Waals surface area contributed by atoms with Crippen molar-refractivity contribution in [3.8, 4) is 0 Å². The van der Waals surface area contributed by atoms with Crippen LogP contribution in [0.25, 0.3) is 10.9 Å². The number of halogens is 2. The maximum atomic E-state index is 6.22. The van der Waals surface area contributed by atoms with Gasteiger partial charge in [-0.3, -0.25) is 4.98 Å². The molecule has 0 saturated carbocycles. The van der Waals surface area contributed by atoms with E-state index in [0.29, 0.717) is 5.02 Å². The standard InChI is InChI=1S/C11H9Cl2N/c1-2-7-6-14-10-4-3-8(12)5-9(10)11(7)13/h3-6H,2H2,1H3. The molecule has 0 saturated heterocycles. The van der Waals surface area contributed by atoms with Crippen molar-refractivity contribution in [3.63, 3.8) is 0 Å². The average Bonchev–Trinajstić information content (AvgIpc) is 2.20. The predicted molar refractivity (Wildman–Crippen MR) is 61.1 cm³/mol. The van der Waals surface area contributed by atoms with Gasteiger partial charge in [0.25, 0.3) is 0 Å². The van der Waals surface area contributed by atoms with Crippen LogP contribution in [-0.2, 0) is 6.42 Å². The fraction of sp³-hybridized carbons (Fsp3) is 0.182. The average molecular weight is 226 g/mol. The number of nitrogens with zero attached hydrogens (tertiary/aromatic N) is 1. The molecule has 0 aliphatic carbocycles. The first-order chi connectivity index (χ1) is 6.72. The quantitative estimate of drug-likeness (QED) is 0.713. The van der Waals surface area contributed by atoms with Crippen LogP contribution in [-0.4, -0.2) is 4.98 Å². The van der Waals surface area contributed by atoms with Crippen LogP contribution < -0.4 is 0 Å². The van der Waals surface area contributed by atoms with E-state index in [1.807, 2.05) is 24.4 Å². The highest BCUT2D eigenvalue weighted by Gasteiger charge is 2.05. The molecule has 1 aromatic carbocycles. The van der Waals surface area contributed by atoms with Gasteiger partial charge in [0.2, 0.25) is 0 Å². The predicted octanol–water partition coefficient (Wildman–Crippen LogP) is 4.10. The van der Waals surface area contributed by atoms with Gasteiger partial charge in [0.05, 0.1) is 10.5 Å². The molecule has 2 rings (SSSR count). The molecule has 2 aromatic rings. The van der Waals surface area contributed by atoms with Gasteiger partial charge in [-0.05, 0) is 30.2 Å². The SMILES string of the molecule is CCc1cnc2ccc(Cl)cc2c1Cl. The molecule has 0 bridgehead atoms. The third kappa shape index (κ3) is 1.58. The van der Waals surface area contributed by atoms with Crippen molar-refractivity contribution in [2.24, 2.45) is 0 Å². The topological polar surface area (TPSA) is 12.9 Å². The lowest BCUT2D eigenvalue weighted by Crippen LogP contribution is -1.87. The van der Waals surface area contributed by atoms with E-state index in [-0.39, 0.29) is 0 Å². The molecule has 1 aromatic heterocycles. The first-order valence-electron chi connectivity index (χ1n) is 4.45. The second-order valence-corrected chi connectivity index (χ2v) is 3.93. The molecule has 1 heterocycles. The number of benzene rings is 1. The van der Waals surface area contributed by atoms with Crippen molar-refractivity contribution in [1.82, 2.24) is 4.98 Å². The summed E-state index contributed by atoms with van der Waals surface area (Å²) in [5.41, 5.74) is 1.94. The van der Waals surface area contributed by atoms with Gasteiger partial charge < -0.3 is 0 Å². The molecule has 0 aliphatic heterocycles. The summed E-state index contributed by atoms with van der Waals surface area (Å²) >= 11 is 12.1. The van der Waals surface area contributed by atoms with E-state index in [4.69, 9.17) is 23.2 Å². The van der Waals surface area contributed by atoms with Crippen molar-refractivity contribution in [2.45, 2.75) is 13.3 Å². The van der Waals surface area contributed by atoms with Crippen molar-refractivity contribution in [1.29, 1.82) is 0 Å². The summed E-state index contributed by atoms with van der Waals surface area (Å²) in [6, 6.07) is 5.55. The summed E-state index contributed by atoms with van der Waals surface area (Å²) in [4.78, 5) is 4.31. The van der Waals surface area contributed by atoms with Crippen molar-refractivity contribution in [3.05, 3.63) is 40.0 Å². The Morgan fingerprint density at radius 3 is 2.79 bits per heavy atom. The van der Waals surface area contributed by atoms with Crippen molar-refractivity contribution in [2.75, 3.05) is 0 Å². The molecular formula is C11H9Cl2N. The molecule has 72 valence electrons. The second-order valence-electron chi connectivity index (χ2n) is 3.11. The normalized spacial score (nSPS) is 10.8. The van der Waals surface area contributed by atoms with E-state index in [2.05, 4.69) is 11.9 Å². The summed E-state index contributed by atoms with van der Waals surface area (Å²) in [5, 5.41) is 2.38. The van der Waals surface area contributed by atoms with E-state index < -0.39 is 0 Å². The summed E-state index contributed by atoms with van der Waals surface area (Å²) in [6.45, 7) is 2.05. The molecule has 0 radical (unpaired) electrons. The maximum absolute atomic E-state index is 6.22. The van der Waals surface area contributed by atoms with Crippen molar-refractivity contribution >= 4 is 34.1 Å². The zero-order chi connectivity index (χ0) is 10.1. The largest absolute Gasteiger partial charge is 0.256 e. The number of aromatic nitrogens is 1. The number of fused-ring (bicyclic) bond motifs is 1. The minimum absolute atomic E-state index is 0.689. The Bertz CT molecular complexity index is 480. The molecule has 0 fully saturated rings. The van der Waals surface area contributed by atoms with Crippen LogP contribution >= 0.6 is 23.2 Å². The number of hydrogen-bond acceptors (Lipinski definition) is 1. The Morgan fingerprint density at radius 2 is 2.07 bits per heavy atom. The van der Waals surface area contributed by atoms with Crippen LogP contribution in [0.4, 0.5) is 0 Å². The highest BCUT2D eigenvalue weighted by atomic mass is 35.5. The monoisotopic (exact) mass is 225 g/mol. The van der Waals surface area contributed by atoms with Gasteiger partial charge in [-0.2, -0.15) is 0 Å². The first-order valence-corrected chi connectivity index (χ1v) is 5.20. The Balaban J connectivity index is 2.79. The van der Waals surface area contributed by atoms with Crippen LogP contribution in [0.5, 0.6) is 0 Å². The smallest absolute Gasteiger partial charge is 0.0718 e. The Kier molecular flexibility index (Phi) is 2.62. The Labute approximate surface area is 92.7 Å².